The summed E-state index contributed by atoms with van der Waals surface area (Å²) in [5.41, 5.74) is 0.716. The molecule has 4 fully saturated rings. The molecule has 20 heteroatoms. The third kappa shape index (κ3) is 12.6. The number of nitrogens with zero attached hydrogens (tertiary/aromatic N) is 2. The van der Waals surface area contributed by atoms with Gasteiger partial charge in [0.05, 0.1) is 29.8 Å². The maximum Gasteiger partial charge on any atom is 0.409 e. The molecule has 6 rings (SSSR count). The monoisotopic (exact) mass is 1100 g/mol. The van der Waals surface area contributed by atoms with Crippen molar-refractivity contribution in [3.63, 3.8) is 0 Å². The van der Waals surface area contributed by atoms with E-state index in [4.69, 9.17) is 35.3 Å². The molecule has 68 heavy (non-hydrogen) atoms. The van der Waals surface area contributed by atoms with Crippen LogP contribution >= 0.6 is 46.2 Å². The molecule has 5 amide bonds. The van der Waals surface area contributed by atoms with E-state index in [2.05, 4.69) is 14.4 Å². The highest BCUT2D eigenvalue weighted by Crippen LogP contribution is 2.52. The summed E-state index contributed by atoms with van der Waals surface area (Å²) in [6, 6.07) is 3.65. The molecular formula is C48H67ClIN5O12S. The van der Waals surface area contributed by atoms with E-state index in [-0.39, 0.29) is 78.6 Å². The second kappa shape index (κ2) is 22.8. The zero-order valence-corrected chi connectivity index (χ0v) is 43.9. The van der Waals surface area contributed by atoms with Crippen LogP contribution in [0.5, 0.6) is 5.75 Å². The number of hydrogen-bond acceptors (Lipinski definition) is 14. The van der Waals surface area contributed by atoms with Crippen molar-refractivity contribution >= 4 is 87.4 Å². The first-order valence-electron chi connectivity index (χ1n) is 23.3. The highest BCUT2D eigenvalue weighted by atomic mass is 127. The first-order chi connectivity index (χ1) is 32.1. The maximum atomic E-state index is 14.4. The minimum absolute atomic E-state index is 0.0278. The number of carbonyl (C=O) groups is 6. The van der Waals surface area contributed by atoms with Crippen LogP contribution in [0.25, 0.3) is 0 Å². The van der Waals surface area contributed by atoms with E-state index in [1.54, 1.807) is 33.0 Å². The van der Waals surface area contributed by atoms with Crippen LogP contribution in [0.15, 0.2) is 35.9 Å². The summed E-state index contributed by atoms with van der Waals surface area (Å²) < 4.78 is 32.4. The van der Waals surface area contributed by atoms with Gasteiger partial charge in [0.25, 0.3) is 0 Å². The molecule has 1 aliphatic carbocycles. The minimum Gasteiger partial charge on any atom is -0.495 e. The van der Waals surface area contributed by atoms with Gasteiger partial charge >= 0.3 is 6.09 Å². The van der Waals surface area contributed by atoms with E-state index in [1.165, 1.54) is 35.8 Å². The van der Waals surface area contributed by atoms with Gasteiger partial charge < -0.3 is 33.7 Å². The molecule has 8 atom stereocenters. The number of hydrogen-bond donors (Lipinski definition) is 4. The molecule has 1 unspecified atom stereocenters. The average molecular weight is 1100 g/mol. The van der Waals surface area contributed by atoms with Gasteiger partial charge in [0.1, 0.15) is 28.6 Å². The normalized spacial score (nSPS) is 32.7. The number of ether oxygens (including phenoxy) is 5. The molecule has 4 aliphatic heterocycles. The van der Waals surface area contributed by atoms with Crippen LogP contribution in [0.1, 0.15) is 98.0 Å². The van der Waals surface area contributed by atoms with Crippen LogP contribution in [-0.4, -0.2) is 126 Å². The lowest BCUT2D eigenvalue weighted by molar-refractivity contribution is -0.142. The Balaban J connectivity index is 1.12. The Bertz CT molecular complexity index is 2140. The topological polar surface area (TPSA) is 215 Å². The number of ketones is 1. The summed E-state index contributed by atoms with van der Waals surface area (Å²) in [4.78, 5) is 83.1. The van der Waals surface area contributed by atoms with E-state index in [1.807, 2.05) is 61.8 Å². The summed E-state index contributed by atoms with van der Waals surface area (Å²) >= 11 is 10.1. The Morgan fingerprint density at radius 2 is 1.82 bits per heavy atom. The number of fused-ring (bicyclic) bond motifs is 5. The van der Waals surface area contributed by atoms with Crippen LogP contribution in [0.3, 0.4) is 0 Å². The van der Waals surface area contributed by atoms with Crippen LogP contribution in [0.4, 0.5) is 10.5 Å². The fourth-order valence-electron chi connectivity index (χ4n) is 9.99. The van der Waals surface area contributed by atoms with Gasteiger partial charge in [-0.1, -0.05) is 42.3 Å². The van der Waals surface area contributed by atoms with Gasteiger partial charge in [0.15, 0.2) is 11.5 Å². The highest BCUT2D eigenvalue weighted by Gasteiger charge is 2.63. The predicted molar refractivity (Wildman–Crippen MR) is 265 cm³/mol. The molecule has 4 heterocycles. The predicted octanol–water partition coefficient (Wildman–Crippen LogP) is 6.15. The van der Waals surface area contributed by atoms with Crippen molar-refractivity contribution < 1.29 is 57.6 Å². The maximum absolute atomic E-state index is 14.4. The van der Waals surface area contributed by atoms with Crippen molar-refractivity contribution in [3.8, 4) is 5.75 Å². The molecule has 0 radical (unpaired) electrons. The Labute approximate surface area is 422 Å². The number of anilines is 1. The van der Waals surface area contributed by atoms with Crippen molar-refractivity contribution in [2.24, 2.45) is 23.7 Å². The number of aliphatic hydroxyl groups is 1. The van der Waals surface area contributed by atoms with E-state index < -0.39 is 58.4 Å². The number of Topliss-reactive ketones (excluding diaryl/α,β-unsaturated/α-hetero) is 1. The Morgan fingerprint density at radius 1 is 1.10 bits per heavy atom. The van der Waals surface area contributed by atoms with Crippen LogP contribution < -0.4 is 24.0 Å². The zero-order valence-electron chi connectivity index (χ0n) is 40.2. The summed E-state index contributed by atoms with van der Waals surface area (Å²) in [5, 5.41) is 14.2. The fourth-order valence-corrected chi connectivity index (χ4v) is 11.7. The number of imide groups is 1. The van der Waals surface area contributed by atoms with Gasteiger partial charge in [-0.05, 0) is 95.6 Å². The molecule has 0 aromatic heterocycles. The average Bonchev–Trinajstić information content (AvgIpc) is 3.92. The summed E-state index contributed by atoms with van der Waals surface area (Å²) in [6.45, 7) is 9.60. The van der Waals surface area contributed by atoms with Crippen molar-refractivity contribution in [2.45, 2.75) is 139 Å². The molecule has 3 saturated heterocycles. The van der Waals surface area contributed by atoms with Gasteiger partial charge in [-0.25, -0.2) is 4.79 Å². The van der Waals surface area contributed by atoms with Gasteiger partial charge in [-0.2, -0.15) is 3.64 Å². The number of likely N-dealkylation sites (tertiary alicyclic amines) is 1. The lowest BCUT2D eigenvalue weighted by Gasteiger charge is -2.42. The molecule has 4 N–H and O–H groups in total. The third-order valence-electron chi connectivity index (χ3n) is 14.4. The molecule has 1 aromatic carbocycles. The minimum atomic E-state index is -1.82. The number of epoxide rings is 1. The zero-order chi connectivity index (χ0) is 49.7. The number of methoxy groups -OCH3 is 2. The van der Waals surface area contributed by atoms with Gasteiger partial charge in [-0.15, -0.1) is 11.8 Å². The first-order valence-corrected chi connectivity index (χ1v) is 25.8. The molecule has 0 spiro atoms. The molecule has 5 aliphatic rings. The van der Waals surface area contributed by atoms with E-state index in [0.29, 0.717) is 49.4 Å². The molecule has 17 nitrogen and oxygen atoms in total. The van der Waals surface area contributed by atoms with E-state index in [9.17, 15) is 33.9 Å². The molecule has 1 saturated carbocycles. The second-order valence-corrected chi connectivity index (χ2v) is 21.8. The van der Waals surface area contributed by atoms with Gasteiger partial charge in [0, 0.05) is 93.6 Å². The summed E-state index contributed by atoms with van der Waals surface area (Å²) in [6.07, 6.45) is 6.02. The van der Waals surface area contributed by atoms with Crippen molar-refractivity contribution in [1.82, 2.24) is 19.3 Å². The first kappa shape index (κ1) is 54.0. The second-order valence-electron chi connectivity index (χ2n) is 19.5. The lowest BCUT2D eigenvalue weighted by atomic mass is 9.77. The number of allylic oxidation sites excluding steroid dienone is 3. The number of halogens is 2. The standard InChI is InChI=1S/C48H67ClIN5O12S/c1-27-11-9-12-38(64-8)48(62)25-35(66-45(61)51-48)28(2)42-47(5,67-42)32(23-39(57)54(6)33-20-30(19-27)21-34(63-7)41(33)49)22-37(56)46(3,4)65-17-10-18-68-36-24-40(58)55(44(36)60)26-29-13-15-31(16-14-29)43(59)52-53-50/h9,11-12,20-21,28-29,31-32,35-36,38,42,53,62H,10,13-19,22-26H2,1-8H3,(H,51,61)(H,52,59)/b12-9+,27-11+/t28-,29-,31-,32+,35+,36?,38-,42+,47+,48+/m1/s1. The Morgan fingerprint density at radius 3 is 2.50 bits per heavy atom. The molecule has 4 bridgehead atoms. The van der Waals surface area contributed by atoms with E-state index in [0.717, 1.165) is 24.0 Å². The summed E-state index contributed by atoms with van der Waals surface area (Å²) in [7, 11) is 4.58. The number of carbonyl (C=O) groups excluding carboxylic acids is 6. The SMILES string of the molecule is COc1cc2cc(c1Cl)N(C)C(=O)C[C@H](CC(=O)C(C)(C)OCCCSC1CC(=O)N(C[C@H]3CC[C@H](C(=O)NNI)CC3)C1=O)[C@]1(C)O[C@H]1[C@H](C)[C@@H]1C[C@@](O)(NC(=O)O1)[C@H](OC)/C=C/C=C(\C)C2. The third-order valence-corrected chi connectivity index (χ3v) is 16.3. The summed E-state index contributed by atoms with van der Waals surface area (Å²) in [5.74, 6) is -1.11. The Kier molecular flexibility index (Phi) is 18.1. The van der Waals surface area contributed by atoms with Crippen LogP contribution in [-0.2, 0) is 49.3 Å². The molecule has 376 valence electrons. The molecular weight excluding hydrogens is 1030 g/mol. The lowest BCUT2D eigenvalue weighted by Crippen LogP contribution is -2.63. The fraction of sp³-hybridized carbons (Fsp3) is 0.667. The number of amides is 5. The van der Waals surface area contributed by atoms with E-state index >= 15 is 0 Å². The van der Waals surface area contributed by atoms with Crippen LogP contribution in [0, 0.1) is 23.7 Å². The Hall–Kier alpha value is -3.31. The number of rotatable bonds is 15. The number of benzene rings is 1. The van der Waals surface area contributed by atoms with Gasteiger partial charge in [0.2, 0.25) is 23.6 Å². The molecule has 1 aromatic rings. The van der Waals surface area contributed by atoms with Crippen LogP contribution in [0.2, 0.25) is 5.02 Å². The number of nitrogens with one attached hydrogen (secondary N) is 3. The number of alkyl carbamates (subject to hydrolysis) is 1. The number of hydrazine groups is 1. The highest BCUT2D eigenvalue weighted by molar-refractivity contribution is 14.1. The largest absolute Gasteiger partial charge is 0.495 e. The van der Waals surface area contributed by atoms with Crippen molar-refractivity contribution in [1.29, 1.82) is 0 Å². The van der Waals surface area contributed by atoms with Crippen molar-refractivity contribution in [2.75, 3.05) is 45.1 Å². The van der Waals surface area contributed by atoms with Gasteiger partial charge in [-0.3, -0.25) is 39.6 Å². The quantitative estimate of drug-likeness (QED) is 0.0387. The smallest absolute Gasteiger partial charge is 0.409 e. The van der Waals surface area contributed by atoms with Crippen molar-refractivity contribution in [3.05, 3.63) is 46.5 Å². The number of thioether (sulfide) groups is 1.